The van der Waals surface area contributed by atoms with Crippen molar-refractivity contribution in [3.63, 3.8) is 0 Å². The highest BCUT2D eigenvalue weighted by molar-refractivity contribution is 6.04. The molecule has 0 saturated carbocycles. The quantitative estimate of drug-likeness (QED) is 0.231. The van der Waals surface area contributed by atoms with Gasteiger partial charge in [0.05, 0.1) is 11.1 Å². The Hall–Kier alpha value is -1.84. The van der Waals surface area contributed by atoms with Crippen molar-refractivity contribution in [3.8, 4) is 0 Å². The Morgan fingerprint density at radius 3 is 1.50 bits per heavy atom. The van der Waals surface area contributed by atoms with Crippen LogP contribution in [-0.2, 0) is 0 Å². The molecule has 30 heavy (non-hydrogen) atoms. The van der Waals surface area contributed by atoms with Gasteiger partial charge < -0.3 is 10.4 Å². The summed E-state index contributed by atoms with van der Waals surface area (Å²) in [5.74, 6) is -1.36. The zero-order valence-corrected chi connectivity index (χ0v) is 19.1. The van der Waals surface area contributed by atoms with E-state index in [0.29, 0.717) is 6.54 Å². The molecule has 0 fully saturated rings. The van der Waals surface area contributed by atoms with E-state index in [4.69, 9.17) is 5.11 Å². The van der Waals surface area contributed by atoms with Crippen molar-refractivity contribution in [1.29, 1.82) is 0 Å². The first-order valence-electron chi connectivity index (χ1n) is 12.3. The van der Waals surface area contributed by atoms with Gasteiger partial charge in [-0.15, -0.1) is 0 Å². The third kappa shape index (κ3) is 12.7. The Labute approximate surface area is 183 Å². The molecular weight excluding hydrogens is 374 g/mol. The second-order valence-electron chi connectivity index (χ2n) is 8.41. The molecule has 0 spiro atoms. The number of nitrogens with one attached hydrogen (secondary N) is 1. The first kappa shape index (κ1) is 26.2. The van der Waals surface area contributed by atoms with Gasteiger partial charge in [-0.1, -0.05) is 115 Å². The molecule has 0 aromatic heterocycles. The van der Waals surface area contributed by atoms with E-state index >= 15 is 0 Å². The van der Waals surface area contributed by atoms with Gasteiger partial charge in [-0.25, -0.2) is 4.79 Å². The summed E-state index contributed by atoms with van der Waals surface area (Å²) >= 11 is 0. The summed E-state index contributed by atoms with van der Waals surface area (Å²) in [4.78, 5) is 23.3. The minimum atomic E-state index is -1.07. The first-order chi connectivity index (χ1) is 14.7. The number of carbonyl (C=O) groups is 2. The second-order valence-corrected chi connectivity index (χ2v) is 8.41. The number of hydrogen-bond donors (Lipinski definition) is 2. The van der Waals surface area contributed by atoms with Gasteiger partial charge in [0.2, 0.25) is 0 Å². The number of unbranched alkanes of at least 4 members (excludes halogenated alkanes) is 15. The van der Waals surface area contributed by atoms with Crippen LogP contribution in [-0.4, -0.2) is 23.5 Å². The van der Waals surface area contributed by atoms with Crippen LogP contribution in [0.3, 0.4) is 0 Å². The molecule has 0 atom stereocenters. The number of carboxylic acids is 1. The Morgan fingerprint density at radius 2 is 1.07 bits per heavy atom. The first-order valence-corrected chi connectivity index (χ1v) is 12.3. The summed E-state index contributed by atoms with van der Waals surface area (Å²) in [5.41, 5.74) is 0.295. The fourth-order valence-electron chi connectivity index (χ4n) is 3.84. The molecule has 1 rings (SSSR count). The lowest BCUT2D eigenvalue weighted by molar-refractivity contribution is 0.0691. The summed E-state index contributed by atoms with van der Waals surface area (Å²) in [6.07, 6.45) is 21.2. The molecule has 4 nitrogen and oxygen atoms in total. The molecule has 0 saturated heterocycles. The van der Waals surface area contributed by atoms with Crippen molar-refractivity contribution in [2.24, 2.45) is 0 Å². The van der Waals surface area contributed by atoms with Gasteiger partial charge in [0.15, 0.2) is 0 Å². The minimum absolute atomic E-state index is 0.0574. The number of benzene rings is 1. The molecule has 0 unspecified atom stereocenters. The van der Waals surface area contributed by atoms with Crippen LogP contribution < -0.4 is 5.32 Å². The molecule has 0 aliphatic carbocycles. The number of carbonyl (C=O) groups excluding carboxylic acids is 1. The van der Waals surface area contributed by atoms with Crippen LogP contribution in [0.2, 0.25) is 0 Å². The smallest absolute Gasteiger partial charge is 0.336 e. The maximum Gasteiger partial charge on any atom is 0.336 e. The molecule has 170 valence electrons. The fraction of sp³-hybridized carbons (Fsp3) is 0.692. The van der Waals surface area contributed by atoms with Gasteiger partial charge in [-0.2, -0.15) is 0 Å². The van der Waals surface area contributed by atoms with Crippen molar-refractivity contribution in [3.05, 3.63) is 35.4 Å². The number of aromatic carboxylic acids is 1. The predicted octanol–water partition coefficient (Wildman–Crippen LogP) is 7.38. The van der Waals surface area contributed by atoms with E-state index in [1.807, 2.05) is 0 Å². The lowest BCUT2D eigenvalue weighted by Gasteiger charge is -2.07. The van der Waals surface area contributed by atoms with Gasteiger partial charge >= 0.3 is 5.97 Å². The highest BCUT2D eigenvalue weighted by atomic mass is 16.4. The van der Waals surface area contributed by atoms with E-state index in [9.17, 15) is 9.59 Å². The molecule has 0 bridgehead atoms. The normalized spacial score (nSPS) is 10.8. The zero-order valence-electron chi connectivity index (χ0n) is 19.1. The van der Waals surface area contributed by atoms with Gasteiger partial charge in [0, 0.05) is 6.54 Å². The molecule has 0 radical (unpaired) electrons. The average Bonchev–Trinajstić information content (AvgIpc) is 2.75. The standard InChI is InChI=1S/C26H43NO3/c1-2-3-4-5-6-7-8-9-10-11-12-13-14-15-16-19-22-27-25(28)23-20-17-18-21-24(23)26(29)30/h17-18,20-21H,2-16,19,22H2,1H3,(H,27,28)(H,29,30). The summed E-state index contributed by atoms with van der Waals surface area (Å²) in [7, 11) is 0. The Kier molecular flexibility index (Phi) is 15.7. The highest BCUT2D eigenvalue weighted by Crippen LogP contribution is 2.14. The summed E-state index contributed by atoms with van der Waals surface area (Å²) in [5, 5.41) is 12.0. The number of amides is 1. The molecule has 1 aromatic rings. The van der Waals surface area contributed by atoms with Crippen LogP contribution in [0.4, 0.5) is 0 Å². The average molecular weight is 418 g/mol. The van der Waals surface area contributed by atoms with Crippen LogP contribution in [0, 0.1) is 0 Å². The molecule has 4 heteroatoms. The predicted molar refractivity (Wildman–Crippen MR) is 125 cm³/mol. The number of hydrogen-bond acceptors (Lipinski definition) is 2. The minimum Gasteiger partial charge on any atom is -0.478 e. The van der Waals surface area contributed by atoms with Gasteiger partial charge in [0.1, 0.15) is 0 Å². The third-order valence-corrected chi connectivity index (χ3v) is 5.72. The number of carboxylic acid groups (broad SMARTS) is 1. The van der Waals surface area contributed by atoms with Crippen molar-refractivity contribution in [2.75, 3.05) is 6.54 Å². The van der Waals surface area contributed by atoms with Crippen LogP contribution in [0.25, 0.3) is 0 Å². The summed E-state index contributed by atoms with van der Waals surface area (Å²) in [6.45, 7) is 2.87. The third-order valence-electron chi connectivity index (χ3n) is 5.72. The lowest BCUT2D eigenvalue weighted by atomic mass is 10.0. The maximum atomic E-state index is 12.2. The van der Waals surface area contributed by atoms with Crippen molar-refractivity contribution in [1.82, 2.24) is 5.32 Å². The molecule has 0 aliphatic rings. The largest absolute Gasteiger partial charge is 0.478 e. The van der Waals surface area contributed by atoms with Gasteiger partial charge in [-0.3, -0.25) is 4.79 Å². The van der Waals surface area contributed by atoms with Crippen molar-refractivity contribution >= 4 is 11.9 Å². The molecule has 1 amide bonds. The van der Waals surface area contributed by atoms with Gasteiger partial charge in [-0.05, 0) is 18.6 Å². The number of rotatable bonds is 19. The van der Waals surface area contributed by atoms with Crippen LogP contribution in [0.15, 0.2) is 24.3 Å². The zero-order chi connectivity index (χ0) is 21.9. The molecular formula is C26H43NO3. The molecule has 2 N–H and O–H groups in total. The Morgan fingerprint density at radius 1 is 0.667 bits per heavy atom. The van der Waals surface area contributed by atoms with E-state index in [1.54, 1.807) is 18.2 Å². The van der Waals surface area contributed by atoms with Gasteiger partial charge in [0.25, 0.3) is 5.91 Å². The molecule has 0 heterocycles. The SMILES string of the molecule is CCCCCCCCCCCCCCCCCCNC(=O)c1ccccc1C(=O)O. The van der Waals surface area contributed by atoms with E-state index < -0.39 is 5.97 Å². The molecule has 1 aromatic carbocycles. The van der Waals surface area contributed by atoms with Crippen molar-refractivity contribution < 1.29 is 14.7 Å². The van der Waals surface area contributed by atoms with E-state index in [0.717, 1.165) is 12.8 Å². The monoisotopic (exact) mass is 417 g/mol. The van der Waals surface area contributed by atoms with Crippen LogP contribution in [0.5, 0.6) is 0 Å². The maximum absolute atomic E-state index is 12.2. The lowest BCUT2D eigenvalue weighted by Crippen LogP contribution is -2.26. The molecule has 0 aliphatic heterocycles. The Bertz CT molecular complexity index is 585. The van der Waals surface area contributed by atoms with E-state index in [1.165, 1.54) is 96.0 Å². The van der Waals surface area contributed by atoms with Crippen LogP contribution >= 0.6 is 0 Å². The topological polar surface area (TPSA) is 66.4 Å². The van der Waals surface area contributed by atoms with Crippen LogP contribution in [0.1, 0.15) is 130 Å². The van der Waals surface area contributed by atoms with E-state index in [-0.39, 0.29) is 17.0 Å². The van der Waals surface area contributed by atoms with Crippen molar-refractivity contribution in [2.45, 2.75) is 110 Å². The Balaban J connectivity index is 1.89. The summed E-state index contributed by atoms with van der Waals surface area (Å²) in [6, 6.07) is 6.35. The van der Waals surface area contributed by atoms with E-state index in [2.05, 4.69) is 12.2 Å². The highest BCUT2D eigenvalue weighted by Gasteiger charge is 2.14. The fourth-order valence-corrected chi connectivity index (χ4v) is 3.84. The second kappa shape index (κ2) is 18.0. The summed E-state index contributed by atoms with van der Waals surface area (Å²) < 4.78 is 0.